The van der Waals surface area contributed by atoms with Crippen LogP contribution in [0.2, 0.25) is 0 Å². The standard InChI is InChI=1S/C43H47N4O14P/c1-25-22-46(41(51)44-39(25)49)36-20-32(48)38(59-36)33-18-19-57-62(53,60-33)61-34-21-37(47-23-26(2)40(50)45-42(47)52)58-35(34)24-56-43(27-8-6-5-7-9-27,28-10-14-30(54-3)15-11-28)29-12-16-31(55-4)17-13-29/h5-17,22-23,32-38,48H,18-21,24H2,1-4H3,(H,44,49,51)(H,45,50,52)/t32-,33+,34-,35+,36+,37+,38-,62-/m0/s1. The molecule has 0 spiro atoms. The van der Waals surface area contributed by atoms with Gasteiger partial charge in [0.15, 0.2) is 0 Å². The lowest BCUT2D eigenvalue weighted by Crippen LogP contribution is -2.41. The molecule has 3 aliphatic heterocycles. The zero-order valence-electron chi connectivity index (χ0n) is 34.3. The molecule has 3 N–H and O–H groups in total. The molecule has 19 heteroatoms. The second-order valence-electron chi connectivity index (χ2n) is 15.4. The molecule has 0 bridgehead atoms. The van der Waals surface area contributed by atoms with Crippen molar-refractivity contribution in [1.82, 2.24) is 19.1 Å². The number of aromatic nitrogens is 4. The Morgan fingerprint density at radius 1 is 0.758 bits per heavy atom. The third-order valence-electron chi connectivity index (χ3n) is 11.4. The van der Waals surface area contributed by atoms with Crippen LogP contribution < -0.4 is 32.0 Å². The van der Waals surface area contributed by atoms with E-state index in [1.807, 2.05) is 78.9 Å². The maximum atomic E-state index is 14.6. The first-order valence-electron chi connectivity index (χ1n) is 20.0. The first kappa shape index (κ1) is 43.2. The molecule has 2 aromatic heterocycles. The number of methoxy groups -OCH3 is 2. The number of rotatable bonds is 13. The van der Waals surface area contributed by atoms with Gasteiger partial charge in [0.1, 0.15) is 54.0 Å². The number of phosphoric ester groups is 1. The summed E-state index contributed by atoms with van der Waals surface area (Å²) in [6.45, 7) is 2.79. The van der Waals surface area contributed by atoms with E-state index in [-0.39, 0.29) is 43.6 Å². The number of nitrogens with one attached hydrogen (secondary N) is 2. The lowest BCUT2D eigenvalue weighted by molar-refractivity contribution is -0.113. The first-order chi connectivity index (χ1) is 29.8. The van der Waals surface area contributed by atoms with E-state index >= 15 is 0 Å². The zero-order chi connectivity index (χ0) is 43.8. The third kappa shape index (κ3) is 8.52. The van der Waals surface area contributed by atoms with Gasteiger partial charge < -0.3 is 28.8 Å². The van der Waals surface area contributed by atoms with Crippen molar-refractivity contribution >= 4 is 7.82 Å². The Labute approximate surface area is 354 Å². The highest BCUT2D eigenvalue weighted by Crippen LogP contribution is 2.58. The van der Waals surface area contributed by atoms with Crippen LogP contribution in [0.5, 0.6) is 11.5 Å². The number of benzene rings is 3. The van der Waals surface area contributed by atoms with Crippen molar-refractivity contribution < 1.29 is 46.9 Å². The number of hydrogen-bond acceptors (Lipinski definition) is 14. The van der Waals surface area contributed by atoms with Crippen molar-refractivity contribution in [2.75, 3.05) is 27.4 Å². The van der Waals surface area contributed by atoms with Gasteiger partial charge in [-0.3, -0.25) is 42.3 Å². The van der Waals surface area contributed by atoms with Crippen LogP contribution >= 0.6 is 7.82 Å². The Balaban J connectivity index is 1.12. The van der Waals surface area contributed by atoms with Crippen molar-refractivity contribution in [2.45, 2.75) is 81.7 Å². The summed E-state index contributed by atoms with van der Waals surface area (Å²) in [6.07, 6.45) is -4.44. The molecule has 3 aliphatic rings. The molecule has 5 heterocycles. The molecular weight excluding hydrogens is 827 g/mol. The van der Waals surface area contributed by atoms with Crippen LogP contribution in [0, 0.1) is 13.8 Å². The summed E-state index contributed by atoms with van der Waals surface area (Å²) >= 11 is 0. The van der Waals surface area contributed by atoms with E-state index in [0.29, 0.717) is 11.5 Å². The van der Waals surface area contributed by atoms with Gasteiger partial charge in [-0.2, -0.15) is 0 Å². The van der Waals surface area contributed by atoms with Gasteiger partial charge in [0.2, 0.25) is 0 Å². The predicted molar refractivity (Wildman–Crippen MR) is 221 cm³/mol. The van der Waals surface area contributed by atoms with Gasteiger partial charge in [0.05, 0.1) is 33.5 Å². The van der Waals surface area contributed by atoms with Crippen molar-refractivity contribution in [2.24, 2.45) is 0 Å². The number of aromatic amines is 2. The Bertz CT molecular complexity index is 2620. The number of aliphatic hydroxyl groups excluding tert-OH is 1. The smallest absolute Gasteiger partial charge is 0.475 e. The number of H-pyrrole nitrogens is 2. The largest absolute Gasteiger partial charge is 0.497 e. The SMILES string of the molecule is COc1ccc(C(OC[C@H]2O[C@@H](n3cc(C)c(=O)[nH]c3=O)C[C@@H]2O[P@@]2(=O)OCC[C@H]([C@H]3O[C@@H](n4cc(C)c(=O)[nH]c4=O)C[C@@H]3O)O2)(c2ccccc2)c2ccc(OC)cc2)cc1. The van der Waals surface area contributed by atoms with Gasteiger partial charge in [-0.15, -0.1) is 0 Å². The summed E-state index contributed by atoms with van der Waals surface area (Å²) in [4.78, 5) is 54.7. The molecule has 5 aromatic rings. The van der Waals surface area contributed by atoms with E-state index < -0.39 is 78.9 Å². The highest BCUT2D eigenvalue weighted by Gasteiger charge is 2.50. The molecule has 8 rings (SSSR count). The quantitative estimate of drug-likeness (QED) is 0.113. The van der Waals surface area contributed by atoms with E-state index in [0.717, 1.165) is 16.7 Å². The van der Waals surface area contributed by atoms with Crippen molar-refractivity contribution in [3.05, 3.63) is 161 Å². The van der Waals surface area contributed by atoms with Crippen molar-refractivity contribution in [3.8, 4) is 11.5 Å². The molecule has 8 atom stereocenters. The average Bonchev–Trinajstić information content (AvgIpc) is 3.86. The number of hydrogen-bond donors (Lipinski definition) is 3. The average molecular weight is 875 g/mol. The molecule has 3 aromatic carbocycles. The number of ether oxygens (including phenoxy) is 5. The molecule has 328 valence electrons. The second-order valence-corrected chi connectivity index (χ2v) is 16.9. The first-order valence-corrected chi connectivity index (χ1v) is 21.5. The highest BCUT2D eigenvalue weighted by atomic mass is 31.2. The van der Waals surface area contributed by atoms with E-state index in [1.165, 1.54) is 28.5 Å². The Hall–Kier alpha value is -5.43. The minimum Gasteiger partial charge on any atom is -0.497 e. The highest BCUT2D eigenvalue weighted by molar-refractivity contribution is 7.48. The summed E-state index contributed by atoms with van der Waals surface area (Å²) in [5.41, 5.74) is -1.06. The minimum absolute atomic E-state index is 0.0155. The maximum Gasteiger partial charge on any atom is 0.475 e. The molecule has 3 saturated heterocycles. The summed E-state index contributed by atoms with van der Waals surface area (Å²) < 4.78 is 65.7. The third-order valence-corrected chi connectivity index (χ3v) is 13.0. The van der Waals surface area contributed by atoms with Gasteiger partial charge >= 0.3 is 19.2 Å². The summed E-state index contributed by atoms with van der Waals surface area (Å²) in [5.74, 6) is 1.26. The molecule has 0 amide bonds. The van der Waals surface area contributed by atoms with Crippen LogP contribution in [0.25, 0.3) is 0 Å². The summed E-state index contributed by atoms with van der Waals surface area (Å²) in [6, 6.07) is 24.4. The van der Waals surface area contributed by atoms with Crippen LogP contribution in [0.15, 0.2) is 110 Å². The minimum atomic E-state index is -4.47. The van der Waals surface area contributed by atoms with E-state index in [1.54, 1.807) is 21.1 Å². The second kappa shape index (κ2) is 17.7. The van der Waals surface area contributed by atoms with E-state index in [4.69, 9.17) is 37.3 Å². The van der Waals surface area contributed by atoms with Gasteiger partial charge in [-0.25, -0.2) is 14.2 Å². The van der Waals surface area contributed by atoms with Crippen molar-refractivity contribution in [3.63, 3.8) is 0 Å². The van der Waals surface area contributed by atoms with Crippen molar-refractivity contribution in [1.29, 1.82) is 0 Å². The lowest BCUT2D eigenvalue weighted by Gasteiger charge is -2.38. The van der Waals surface area contributed by atoms with Gasteiger partial charge in [0, 0.05) is 42.8 Å². The Kier molecular flexibility index (Phi) is 12.4. The summed E-state index contributed by atoms with van der Waals surface area (Å²) in [5, 5.41) is 11.1. The molecule has 18 nitrogen and oxygen atoms in total. The van der Waals surface area contributed by atoms with Crippen LogP contribution in [0.4, 0.5) is 0 Å². The fraction of sp³-hybridized carbons (Fsp3) is 0.395. The molecular formula is C43H47N4O14P. The topological polar surface area (TPSA) is 221 Å². The molecule has 0 saturated carbocycles. The van der Waals surface area contributed by atoms with Gasteiger partial charge in [-0.1, -0.05) is 54.6 Å². The Morgan fingerprint density at radius 3 is 1.84 bits per heavy atom. The molecule has 0 radical (unpaired) electrons. The van der Waals surface area contributed by atoms with Crippen LogP contribution in [0.1, 0.15) is 59.5 Å². The number of phosphoric acid groups is 1. The molecule has 3 fully saturated rings. The Morgan fingerprint density at radius 2 is 1.29 bits per heavy atom. The fourth-order valence-electron chi connectivity index (χ4n) is 8.17. The molecule has 62 heavy (non-hydrogen) atoms. The number of aliphatic hydroxyl groups is 1. The normalized spacial score (nSPS) is 26.4. The lowest BCUT2D eigenvalue weighted by atomic mass is 9.80. The number of nitrogens with zero attached hydrogens (tertiary/aromatic N) is 2. The monoisotopic (exact) mass is 874 g/mol. The molecule has 0 unspecified atom stereocenters. The zero-order valence-corrected chi connectivity index (χ0v) is 35.2. The summed E-state index contributed by atoms with van der Waals surface area (Å²) in [7, 11) is -1.32. The van der Waals surface area contributed by atoms with Crippen LogP contribution in [0.3, 0.4) is 0 Å². The van der Waals surface area contributed by atoms with E-state index in [9.17, 15) is 28.8 Å². The number of aryl methyl sites for hydroxylation is 2. The fourth-order valence-corrected chi connectivity index (χ4v) is 9.78. The predicted octanol–water partition coefficient (Wildman–Crippen LogP) is 3.96. The van der Waals surface area contributed by atoms with Gasteiger partial charge in [0.25, 0.3) is 11.1 Å². The van der Waals surface area contributed by atoms with Crippen LogP contribution in [-0.2, 0) is 37.9 Å². The maximum absolute atomic E-state index is 14.6. The van der Waals surface area contributed by atoms with E-state index in [2.05, 4.69) is 9.97 Å². The van der Waals surface area contributed by atoms with Gasteiger partial charge in [-0.05, 0) is 54.8 Å². The van der Waals surface area contributed by atoms with Crippen LogP contribution in [-0.4, -0.2) is 82.2 Å². The molecule has 0 aliphatic carbocycles.